The summed E-state index contributed by atoms with van der Waals surface area (Å²) in [4.78, 5) is 24.9. The largest absolute Gasteiger partial charge is 0.586 e. The van der Waals surface area contributed by atoms with Crippen LogP contribution in [0.3, 0.4) is 0 Å². The number of hydrogen-bond donors (Lipinski definition) is 2. The first-order chi connectivity index (χ1) is 15.2. The lowest BCUT2D eigenvalue weighted by Crippen LogP contribution is -2.43. The Labute approximate surface area is 181 Å². The Morgan fingerprint density at radius 3 is 2.53 bits per heavy atom. The van der Waals surface area contributed by atoms with E-state index >= 15 is 0 Å². The van der Waals surface area contributed by atoms with E-state index in [2.05, 4.69) is 14.8 Å². The number of ether oxygens (including phenoxy) is 4. The number of alkyl halides is 2. The fourth-order valence-electron chi connectivity index (χ4n) is 4.18. The molecule has 1 amide bonds. The Morgan fingerprint density at radius 2 is 1.84 bits per heavy atom. The molecule has 32 heavy (non-hydrogen) atoms. The van der Waals surface area contributed by atoms with Crippen molar-refractivity contribution in [2.45, 2.75) is 43.1 Å². The van der Waals surface area contributed by atoms with Gasteiger partial charge in [-0.1, -0.05) is 6.07 Å². The zero-order valence-corrected chi connectivity index (χ0v) is 16.9. The molecule has 2 aromatic rings. The molecule has 1 saturated carbocycles. The predicted molar refractivity (Wildman–Crippen MR) is 104 cm³/mol. The third-order valence-corrected chi connectivity index (χ3v) is 6.03. The monoisotopic (exact) mass is 447 g/mol. The predicted octanol–water partition coefficient (Wildman–Crippen LogP) is 3.14. The van der Waals surface area contributed by atoms with E-state index in [0.29, 0.717) is 35.5 Å². The van der Waals surface area contributed by atoms with Crippen LogP contribution in [0.5, 0.6) is 23.0 Å². The van der Waals surface area contributed by atoms with E-state index in [9.17, 15) is 23.5 Å². The molecule has 2 aliphatic heterocycles. The van der Waals surface area contributed by atoms with Crippen LogP contribution in [0.1, 0.15) is 36.4 Å². The van der Waals surface area contributed by atoms with E-state index in [-0.39, 0.29) is 23.8 Å². The molecule has 5 rings (SSSR count). The highest BCUT2D eigenvalue weighted by Crippen LogP contribution is 2.52. The summed E-state index contributed by atoms with van der Waals surface area (Å²) in [5.74, 6) is -0.858. The molecule has 3 aliphatic rings. The molecule has 1 aliphatic carbocycles. The summed E-state index contributed by atoms with van der Waals surface area (Å²) in [7, 11) is 1.48. The van der Waals surface area contributed by atoms with E-state index in [1.165, 1.54) is 19.2 Å². The minimum absolute atomic E-state index is 0.0455. The molecule has 2 atom stereocenters. The third kappa shape index (κ3) is 3.35. The number of methoxy groups -OCH3 is 1. The number of carbonyl (C=O) groups excluding carboxylic acids is 1. The van der Waals surface area contributed by atoms with Crippen LogP contribution in [0.15, 0.2) is 36.4 Å². The fourth-order valence-corrected chi connectivity index (χ4v) is 4.18. The van der Waals surface area contributed by atoms with E-state index in [1.807, 2.05) is 0 Å². The van der Waals surface area contributed by atoms with Gasteiger partial charge in [0, 0.05) is 18.1 Å². The second-order valence-electron chi connectivity index (χ2n) is 8.02. The van der Waals surface area contributed by atoms with Crippen molar-refractivity contribution in [1.29, 1.82) is 0 Å². The van der Waals surface area contributed by atoms with Gasteiger partial charge in [-0.2, -0.15) is 0 Å². The molecule has 168 valence electrons. The number of fused-ring (bicyclic) bond motifs is 2. The average molecular weight is 447 g/mol. The van der Waals surface area contributed by atoms with Crippen LogP contribution in [-0.2, 0) is 15.0 Å². The molecule has 0 radical (unpaired) electrons. The zero-order chi connectivity index (χ0) is 22.7. The summed E-state index contributed by atoms with van der Waals surface area (Å²) in [5, 5.41) is 12.4. The van der Waals surface area contributed by atoms with E-state index in [0.717, 1.165) is 0 Å². The molecule has 2 aromatic carbocycles. The number of carboxylic acid groups (broad SMARTS) is 1. The Bertz CT molecular complexity index is 1120. The molecule has 10 heteroatoms. The van der Waals surface area contributed by atoms with Gasteiger partial charge in [-0.15, -0.1) is 8.78 Å². The van der Waals surface area contributed by atoms with Crippen LogP contribution in [0.2, 0.25) is 0 Å². The lowest BCUT2D eigenvalue weighted by Gasteiger charge is -2.32. The number of amides is 1. The van der Waals surface area contributed by atoms with E-state index < -0.39 is 29.8 Å². The molecule has 0 unspecified atom stereocenters. The van der Waals surface area contributed by atoms with Crippen LogP contribution in [0.4, 0.5) is 8.78 Å². The molecule has 2 heterocycles. The van der Waals surface area contributed by atoms with Gasteiger partial charge in [0.1, 0.15) is 11.5 Å². The van der Waals surface area contributed by atoms with Crippen molar-refractivity contribution >= 4 is 11.9 Å². The van der Waals surface area contributed by atoms with Crippen LogP contribution >= 0.6 is 0 Å². The molecule has 8 nitrogen and oxygen atoms in total. The fraction of sp³-hybridized carbons (Fsp3) is 0.364. The van der Waals surface area contributed by atoms with Gasteiger partial charge in [0.2, 0.25) is 5.91 Å². The number of nitrogens with one attached hydrogen (secondary N) is 1. The van der Waals surface area contributed by atoms with Crippen molar-refractivity contribution in [1.82, 2.24) is 5.32 Å². The first-order valence-electron chi connectivity index (χ1n) is 9.99. The molecule has 2 N–H and O–H groups in total. The average Bonchev–Trinajstić information content (AvgIpc) is 3.50. The number of hydrogen-bond acceptors (Lipinski definition) is 6. The number of carboxylic acids is 1. The first-order valence-corrected chi connectivity index (χ1v) is 9.99. The second kappa shape index (κ2) is 6.98. The molecule has 1 fully saturated rings. The second-order valence-corrected chi connectivity index (χ2v) is 8.02. The highest BCUT2D eigenvalue weighted by Gasteiger charge is 2.53. The molecule has 0 saturated heterocycles. The van der Waals surface area contributed by atoms with Gasteiger partial charge < -0.3 is 29.4 Å². The highest BCUT2D eigenvalue weighted by molar-refractivity contribution is 5.92. The van der Waals surface area contributed by atoms with Crippen LogP contribution in [-0.4, -0.2) is 36.5 Å². The topological polar surface area (TPSA) is 103 Å². The van der Waals surface area contributed by atoms with E-state index in [1.54, 1.807) is 24.3 Å². The lowest BCUT2D eigenvalue weighted by atomic mass is 9.91. The van der Waals surface area contributed by atoms with Gasteiger partial charge in [0.15, 0.2) is 17.6 Å². The van der Waals surface area contributed by atoms with Crippen molar-refractivity contribution in [2.24, 2.45) is 0 Å². The SMILES string of the molecule is COc1ccc2c(c1)O[C@@H](C(=O)O)C[C@@H]2NC(=O)C1(c2ccc3c(c2)OC(F)(F)O3)CC1. The summed E-state index contributed by atoms with van der Waals surface area (Å²) in [5.41, 5.74) is 0.268. The maximum Gasteiger partial charge on any atom is 0.586 e. The molecule has 0 bridgehead atoms. The van der Waals surface area contributed by atoms with Crippen molar-refractivity contribution in [3.8, 4) is 23.0 Å². The minimum Gasteiger partial charge on any atom is -0.497 e. The zero-order valence-electron chi connectivity index (χ0n) is 16.9. The summed E-state index contributed by atoms with van der Waals surface area (Å²) in [6.45, 7) is 0. The number of carbonyl (C=O) groups is 2. The summed E-state index contributed by atoms with van der Waals surface area (Å²) < 4.78 is 46.4. The van der Waals surface area contributed by atoms with Crippen LogP contribution < -0.4 is 24.3 Å². The van der Waals surface area contributed by atoms with Gasteiger partial charge in [0.25, 0.3) is 0 Å². The number of halogens is 2. The lowest BCUT2D eigenvalue weighted by molar-refractivity contribution is -0.286. The van der Waals surface area contributed by atoms with Crippen molar-refractivity contribution in [2.75, 3.05) is 7.11 Å². The normalized spacial score (nSPS) is 23.5. The Hall–Kier alpha value is -3.56. The van der Waals surface area contributed by atoms with Crippen LogP contribution in [0, 0.1) is 0 Å². The molecule has 0 aromatic heterocycles. The summed E-state index contributed by atoms with van der Waals surface area (Å²) >= 11 is 0. The quantitative estimate of drug-likeness (QED) is 0.726. The summed E-state index contributed by atoms with van der Waals surface area (Å²) in [6.07, 6.45) is -3.78. The maximum atomic E-state index is 13.4. The smallest absolute Gasteiger partial charge is 0.497 e. The number of rotatable bonds is 5. The van der Waals surface area contributed by atoms with Crippen LogP contribution in [0.25, 0.3) is 0 Å². The highest BCUT2D eigenvalue weighted by atomic mass is 19.3. The first kappa shape index (κ1) is 20.3. The van der Waals surface area contributed by atoms with Gasteiger partial charge >= 0.3 is 12.3 Å². The number of benzene rings is 2. The van der Waals surface area contributed by atoms with Crippen molar-refractivity contribution in [3.05, 3.63) is 47.5 Å². The standard InChI is InChI=1S/C22H19F2NO7/c1-29-12-3-4-13-14(10-18(19(26)27)30-16(13)9-12)25-20(28)21(6-7-21)11-2-5-15-17(8-11)32-22(23,24)31-15/h2-5,8-9,14,18H,6-7,10H2,1H3,(H,25,28)(H,26,27)/t14-,18+/m0/s1. The van der Waals surface area contributed by atoms with Gasteiger partial charge in [0.05, 0.1) is 18.6 Å². The Kier molecular flexibility index (Phi) is 4.44. The third-order valence-electron chi connectivity index (χ3n) is 6.03. The van der Waals surface area contributed by atoms with E-state index in [4.69, 9.17) is 9.47 Å². The number of aliphatic carboxylic acids is 1. The Balaban J connectivity index is 1.41. The van der Waals surface area contributed by atoms with Gasteiger partial charge in [-0.05, 0) is 42.7 Å². The Morgan fingerprint density at radius 1 is 1.09 bits per heavy atom. The summed E-state index contributed by atoms with van der Waals surface area (Å²) in [6, 6.07) is 8.72. The molecular formula is C22H19F2NO7. The molecular weight excluding hydrogens is 428 g/mol. The van der Waals surface area contributed by atoms with Crippen molar-refractivity contribution < 1.29 is 42.4 Å². The van der Waals surface area contributed by atoms with Gasteiger partial charge in [-0.25, -0.2) is 4.79 Å². The maximum absolute atomic E-state index is 13.4. The minimum atomic E-state index is -3.74. The van der Waals surface area contributed by atoms with Crippen molar-refractivity contribution in [3.63, 3.8) is 0 Å². The molecule has 0 spiro atoms. The van der Waals surface area contributed by atoms with Gasteiger partial charge in [-0.3, -0.25) is 4.79 Å².